The first-order valence-electron chi connectivity index (χ1n) is 5.80. The monoisotopic (exact) mass is 276 g/mol. The van der Waals surface area contributed by atoms with Crippen LogP contribution in [0.25, 0.3) is 11.0 Å². The van der Waals surface area contributed by atoms with Gasteiger partial charge < -0.3 is 4.57 Å². The molecule has 0 unspecified atom stereocenters. The number of hydrogen-bond donors (Lipinski definition) is 0. The highest BCUT2D eigenvalue weighted by molar-refractivity contribution is 7.16. The second-order valence-electron chi connectivity index (χ2n) is 4.50. The standard InChI is InChI=1S/C14H13ClN2S/c1-9-5-12-13(6-10(9)2)17(8-16-12)7-11-3-4-14(15)18-11/h3-6,8H,7H2,1-2H3. The smallest absolute Gasteiger partial charge is 0.0961 e. The average Bonchev–Trinajstić information content (AvgIpc) is 2.89. The topological polar surface area (TPSA) is 17.8 Å². The summed E-state index contributed by atoms with van der Waals surface area (Å²) in [5.74, 6) is 0. The molecule has 0 fully saturated rings. The first kappa shape index (κ1) is 11.8. The Labute approximate surface area is 115 Å². The number of hydrogen-bond acceptors (Lipinski definition) is 2. The lowest BCUT2D eigenvalue weighted by Crippen LogP contribution is -1.96. The van der Waals surface area contributed by atoms with Gasteiger partial charge in [0.2, 0.25) is 0 Å². The van der Waals surface area contributed by atoms with Gasteiger partial charge in [-0.2, -0.15) is 0 Å². The Bertz CT molecular complexity index is 712. The van der Waals surface area contributed by atoms with Crippen molar-refractivity contribution in [1.82, 2.24) is 9.55 Å². The van der Waals surface area contributed by atoms with Crippen LogP contribution in [0, 0.1) is 13.8 Å². The molecular weight excluding hydrogens is 264 g/mol. The molecule has 0 spiro atoms. The molecule has 0 radical (unpaired) electrons. The van der Waals surface area contributed by atoms with Crippen molar-refractivity contribution >= 4 is 34.0 Å². The zero-order valence-corrected chi connectivity index (χ0v) is 11.8. The summed E-state index contributed by atoms with van der Waals surface area (Å²) in [5, 5.41) is 0. The number of halogens is 1. The maximum Gasteiger partial charge on any atom is 0.0961 e. The highest BCUT2D eigenvalue weighted by Gasteiger charge is 2.06. The van der Waals surface area contributed by atoms with Crippen molar-refractivity contribution in [2.45, 2.75) is 20.4 Å². The fraction of sp³-hybridized carbons (Fsp3) is 0.214. The van der Waals surface area contributed by atoms with Crippen LogP contribution in [0.15, 0.2) is 30.6 Å². The van der Waals surface area contributed by atoms with Gasteiger partial charge in [0.1, 0.15) is 0 Å². The molecular formula is C14H13ClN2S. The van der Waals surface area contributed by atoms with Crippen LogP contribution in [0.4, 0.5) is 0 Å². The quantitative estimate of drug-likeness (QED) is 0.678. The molecule has 0 amide bonds. The van der Waals surface area contributed by atoms with Gasteiger partial charge >= 0.3 is 0 Å². The Morgan fingerprint density at radius 1 is 1.22 bits per heavy atom. The van der Waals surface area contributed by atoms with Gasteiger partial charge in [0, 0.05) is 4.88 Å². The maximum absolute atomic E-state index is 5.96. The lowest BCUT2D eigenvalue weighted by Gasteiger charge is -2.04. The van der Waals surface area contributed by atoms with Gasteiger partial charge in [-0.1, -0.05) is 11.6 Å². The average molecular weight is 277 g/mol. The van der Waals surface area contributed by atoms with E-state index in [2.05, 4.69) is 41.6 Å². The molecule has 0 atom stereocenters. The van der Waals surface area contributed by atoms with Gasteiger partial charge in [-0.25, -0.2) is 4.98 Å². The Kier molecular flexibility index (Phi) is 2.88. The van der Waals surface area contributed by atoms with Gasteiger partial charge in [0.25, 0.3) is 0 Å². The molecule has 92 valence electrons. The Morgan fingerprint density at radius 2 is 2.00 bits per heavy atom. The molecule has 2 heterocycles. The second kappa shape index (κ2) is 4.41. The second-order valence-corrected chi connectivity index (χ2v) is 6.30. The van der Waals surface area contributed by atoms with E-state index in [1.807, 2.05) is 12.4 Å². The van der Waals surface area contributed by atoms with E-state index < -0.39 is 0 Å². The molecule has 0 bridgehead atoms. The highest BCUT2D eigenvalue weighted by Crippen LogP contribution is 2.24. The normalized spacial score (nSPS) is 11.3. The molecule has 3 rings (SSSR count). The molecule has 0 saturated carbocycles. The van der Waals surface area contributed by atoms with Crippen molar-refractivity contribution in [2.24, 2.45) is 0 Å². The third-order valence-electron chi connectivity index (χ3n) is 3.19. The van der Waals surface area contributed by atoms with Gasteiger partial charge in [-0.15, -0.1) is 11.3 Å². The SMILES string of the molecule is Cc1cc2ncn(Cc3ccc(Cl)s3)c2cc1C. The number of fused-ring (bicyclic) bond motifs is 1. The van der Waals surface area contributed by atoms with Gasteiger partial charge in [-0.05, 0) is 49.2 Å². The lowest BCUT2D eigenvalue weighted by atomic mass is 10.1. The molecule has 0 aliphatic carbocycles. The van der Waals surface area contributed by atoms with E-state index in [1.165, 1.54) is 21.5 Å². The van der Waals surface area contributed by atoms with E-state index in [-0.39, 0.29) is 0 Å². The van der Waals surface area contributed by atoms with Crippen molar-refractivity contribution in [3.8, 4) is 0 Å². The molecule has 0 N–H and O–H groups in total. The lowest BCUT2D eigenvalue weighted by molar-refractivity contribution is 0.838. The van der Waals surface area contributed by atoms with E-state index in [9.17, 15) is 0 Å². The summed E-state index contributed by atoms with van der Waals surface area (Å²) in [6.45, 7) is 5.08. The first-order valence-corrected chi connectivity index (χ1v) is 6.99. The number of aryl methyl sites for hydroxylation is 2. The number of rotatable bonds is 2. The van der Waals surface area contributed by atoms with Crippen LogP contribution in [0.5, 0.6) is 0 Å². The molecule has 2 aromatic heterocycles. The summed E-state index contributed by atoms with van der Waals surface area (Å²) in [6, 6.07) is 8.35. The van der Waals surface area contributed by atoms with Gasteiger partial charge in [0.05, 0.1) is 28.2 Å². The summed E-state index contributed by atoms with van der Waals surface area (Å²) in [6.07, 6.45) is 1.90. The minimum atomic E-state index is 0.830. The van der Waals surface area contributed by atoms with E-state index >= 15 is 0 Å². The van der Waals surface area contributed by atoms with Gasteiger partial charge in [0.15, 0.2) is 0 Å². The Hall–Kier alpha value is -1.32. The maximum atomic E-state index is 5.96. The van der Waals surface area contributed by atoms with Crippen LogP contribution >= 0.6 is 22.9 Å². The van der Waals surface area contributed by atoms with Crippen molar-refractivity contribution in [3.05, 3.63) is 50.9 Å². The summed E-state index contributed by atoms with van der Waals surface area (Å²) >= 11 is 7.58. The zero-order valence-electron chi connectivity index (χ0n) is 10.3. The fourth-order valence-electron chi connectivity index (χ4n) is 2.04. The number of imidazole rings is 1. The van der Waals surface area contributed by atoms with Crippen LogP contribution in [0.3, 0.4) is 0 Å². The Balaban J connectivity index is 2.04. The highest BCUT2D eigenvalue weighted by atomic mass is 35.5. The minimum absolute atomic E-state index is 0.830. The van der Waals surface area contributed by atoms with E-state index in [1.54, 1.807) is 11.3 Å². The molecule has 0 saturated heterocycles. The predicted molar refractivity (Wildman–Crippen MR) is 77.6 cm³/mol. The molecule has 0 aliphatic heterocycles. The number of nitrogens with zero attached hydrogens (tertiary/aromatic N) is 2. The molecule has 2 nitrogen and oxygen atoms in total. The summed E-state index contributed by atoms with van der Waals surface area (Å²) in [4.78, 5) is 5.71. The molecule has 3 aromatic rings. The van der Waals surface area contributed by atoms with E-state index in [4.69, 9.17) is 11.6 Å². The van der Waals surface area contributed by atoms with Crippen LogP contribution in [0.2, 0.25) is 4.34 Å². The third kappa shape index (κ3) is 2.04. The van der Waals surface area contributed by atoms with E-state index in [0.717, 1.165) is 16.4 Å². The molecule has 4 heteroatoms. The molecule has 18 heavy (non-hydrogen) atoms. The van der Waals surface area contributed by atoms with Crippen LogP contribution < -0.4 is 0 Å². The third-order valence-corrected chi connectivity index (χ3v) is 4.41. The van der Waals surface area contributed by atoms with Crippen LogP contribution in [-0.4, -0.2) is 9.55 Å². The molecule has 1 aromatic carbocycles. The minimum Gasteiger partial charge on any atom is -0.325 e. The van der Waals surface area contributed by atoms with Crippen molar-refractivity contribution < 1.29 is 0 Å². The fourth-order valence-corrected chi connectivity index (χ4v) is 3.13. The first-order chi connectivity index (χ1) is 8.63. The van der Waals surface area contributed by atoms with Crippen LogP contribution in [-0.2, 0) is 6.54 Å². The predicted octanol–water partition coefficient (Wildman–Crippen LogP) is 4.42. The van der Waals surface area contributed by atoms with E-state index in [0.29, 0.717) is 0 Å². The number of aromatic nitrogens is 2. The van der Waals surface area contributed by atoms with Crippen molar-refractivity contribution in [1.29, 1.82) is 0 Å². The number of benzene rings is 1. The van der Waals surface area contributed by atoms with Gasteiger partial charge in [-0.3, -0.25) is 0 Å². The largest absolute Gasteiger partial charge is 0.325 e. The number of thiophene rings is 1. The van der Waals surface area contributed by atoms with Crippen molar-refractivity contribution in [2.75, 3.05) is 0 Å². The summed E-state index contributed by atoms with van der Waals surface area (Å²) in [7, 11) is 0. The van der Waals surface area contributed by atoms with Crippen LogP contribution in [0.1, 0.15) is 16.0 Å². The summed E-state index contributed by atoms with van der Waals surface area (Å²) in [5.41, 5.74) is 4.82. The zero-order chi connectivity index (χ0) is 12.7. The van der Waals surface area contributed by atoms with Crippen molar-refractivity contribution in [3.63, 3.8) is 0 Å². The summed E-state index contributed by atoms with van der Waals surface area (Å²) < 4.78 is 3.01. The molecule has 0 aliphatic rings. The Morgan fingerprint density at radius 3 is 2.72 bits per heavy atom.